The van der Waals surface area contributed by atoms with Gasteiger partial charge in [0.15, 0.2) is 11.5 Å². The van der Waals surface area contributed by atoms with E-state index in [0.717, 1.165) is 11.1 Å². The molecule has 3 aromatic rings. The number of carbonyl (C=O) groups is 2. The fraction of sp³-hybridized carbons (Fsp3) is 0.120. The van der Waals surface area contributed by atoms with Gasteiger partial charge >= 0.3 is 0 Å². The number of benzene rings is 3. The Bertz CT molecular complexity index is 1210. The van der Waals surface area contributed by atoms with Gasteiger partial charge in [0.05, 0.1) is 17.3 Å². The number of nitrogens with zero attached hydrogens (tertiary/aromatic N) is 1. The summed E-state index contributed by atoms with van der Waals surface area (Å²) in [6.45, 7) is 2.41. The van der Waals surface area contributed by atoms with Gasteiger partial charge in [-0.05, 0) is 69.9 Å². The lowest BCUT2D eigenvalue weighted by Gasteiger charge is -2.15. The van der Waals surface area contributed by atoms with E-state index in [2.05, 4.69) is 21.4 Å². The molecule has 162 valence electrons. The van der Waals surface area contributed by atoms with E-state index in [-0.39, 0.29) is 5.57 Å². The minimum Gasteiger partial charge on any atom is -0.493 e. The van der Waals surface area contributed by atoms with Crippen molar-refractivity contribution < 1.29 is 19.1 Å². The largest absolute Gasteiger partial charge is 0.493 e. The molecule has 0 radical (unpaired) electrons. The van der Waals surface area contributed by atoms with Crippen molar-refractivity contribution >= 4 is 39.5 Å². The van der Waals surface area contributed by atoms with Crippen LogP contribution in [0.25, 0.3) is 6.08 Å². The number of carbonyl (C=O) groups excluding carboxylic acids is 2. The quantitative estimate of drug-likeness (QED) is 0.396. The fourth-order valence-corrected chi connectivity index (χ4v) is 3.94. The third-order valence-corrected chi connectivity index (χ3v) is 5.69. The van der Waals surface area contributed by atoms with E-state index in [1.54, 1.807) is 49.6 Å². The van der Waals surface area contributed by atoms with Crippen molar-refractivity contribution in [2.45, 2.75) is 13.5 Å². The van der Waals surface area contributed by atoms with Crippen LogP contribution in [0.3, 0.4) is 0 Å². The van der Waals surface area contributed by atoms with Crippen LogP contribution < -0.4 is 19.9 Å². The molecule has 1 aliphatic heterocycles. The van der Waals surface area contributed by atoms with Crippen LogP contribution in [0.1, 0.15) is 16.7 Å². The van der Waals surface area contributed by atoms with Gasteiger partial charge in [-0.15, -0.1) is 0 Å². The van der Waals surface area contributed by atoms with Gasteiger partial charge < -0.3 is 9.47 Å². The molecule has 0 aliphatic carbocycles. The van der Waals surface area contributed by atoms with Crippen molar-refractivity contribution in [2.24, 2.45) is 0 Å². The molecule has 0 aromatic heterocycles. The molecule has 0 spiro atoms. The third-order valence-electron chi connectivity index (χ3n) is 5.10. The van der Waals surface area contributed by atoms with Crippen molar-refractivity contribution in [3.8, 4) is 11.5 Å². The van der Waals surface area contributed by atoms with Crippen LogP contribution in [0.4, 0.5) is 5.69 Å². The predicted molar refractivity (Wildman–Crippen MR) is 126 cm³/mol. The van der Waals surface area contributed by atoms with E-state index in [1.807, 2.05) is 37.3 Å². The van der Waals surface area contributed by atoms with Gasteiger partial charge in [-0.1, -0.05) is 42.5 Å². The Labute approximate surface area is 194 Å². The Morgan fingerprint density at radius 2 is 1.75 bits per heavy atom. The first kappa shape index (κ1) is 21.6. The summed E-state index contributed by atoms with van der Waals surface area (Å²) in [7, 11) is 1.55. The van der Waals surface area contributed by atoms with Crippen molar-refractivity contribution in [1.29, 1.82) is 0 Å². The lowest BCUT2D eigenvalue weighted by Crippen LogP contribution is -2.35. The summed E-state index contributed by atoms with van der Waals surface area (Å²) in [4.78, 5) is 25.3. The summed E-state index contributed by atoms with van der Waals surface area (Å²) in [6, 6.07) is 20.5. The lowest BCUT2D eigenvalue weighted by atomic mass is 10.1. The highest BCUT2D eigenvalue weighted by Gasteiger charge is 2.34. The van der Waals surface area contributed by atoms with Gasteiger partial charge in [0.25, 0.3) is 11.8 Å². The van der Waals surface area contributed by atoms with E-state index in [4.69, 9.17) is 9.47 Å². The molecule has 0 unspecified atom stereocenters. The number of hydrogen-bond donors (Lipinski definition) is 1. The summed E-state index contributed by atoms with van der Waals surface area (Å²) in [5.74, 6) is 0.154. The molecule has 0 atom stereocenters. The second-order valence-corrected chi connectivity index (χ2v) is 8.08. The fourth-order valence-electron chi connectivity index (χ4n) is 3.37. The number of methoxy groups -OCH3 is 1. The molecule has 4 rings (SSSR count). The minimum atomic E-state index is -0.464. The molecule has 32 heavy (non-hydrogen) atoms. The molecule has 6 nitrogen and oxygen atoms in total. The standard InChI is InChI=1S/C25H21BrN2O4/c1-16-8-6-7-9-18(16)15-32-23-21(26)13-17(14-22(23)31-2)12-20-24(29)27-28(25(20)30)19-10-4-3-5-11-19/h3-14H,15H2,1-2H3,(H,27,29)/b20-12-. The van der Waals surface area contributed by atoms with E-state index < -0.39 is 11.8 Å². The second kappa shape index (κ2) is 9.28. The van der Waals surface area contributed by atoms with Crippen LogP contribution in [0.15, 0.2) is 76.8 Å². The number of para-hydroxylation sites is 1. The van der Waals surface area contributed by atoms with Gasteiger partial charge in [0, 0.05) is 0 Å². The number of hydrazine groups is 1. The highest BCUT2D eigenvalue weighted by Crippen LogP contribution is 2.38. The number of rotatable bonds is 6. The van der Waals surface area contributed by atoms with Gasteiger partial charge in [-0.25, -0.2) is 5.01 Å². The van der Waals surface area contributed by atoms with Crippen molar-refractivity contribution in [3.05, 3.63) is 93.5 Å². The van der Waals surface area contributed by atoms with Crippen molar-refractivity contribution in [1.82, 2.24) is 5.43 Å². The van der Waals surface area contributed by atoms with Gasteiger partial charge in [0.1, 0.15) is 12.2 Å². The normalized spacial score (nSPS) is 14.6. The Morgan fingerprint density at radius 1 is 1.03 bits per heavy atom. The first-order valence-corrected chi connectivity index (χ1v) is 10.7. The Kier molecular flexibility index (Phi) is 6.28. The van der Waals surface area contributed by atoms with E-state index >= 15 is 0 Å². The van der Waals surface area contributed by atoms with Crippen molar-refractivity contribution in [3.63, 3.8) is 0 Å². The number of ether oxygens (including phenoxy) is 2. The summed E-state index contributed by atoms with van der Waals surface area (Å²) in [5.41, 5.74) is 6.06. The first-order chi connectivity index (χ1) is 15.5. The molecule has 2 amide bonds. The zero-order chi connectivity index (χ0) is 22.7. The Balaban J connectivity index is 1.60. The minimum absolute atomic E-state index is 0.0383. The summed E-state index contributed by atoms with van der Waals surface area (Å²) in [5, 5.41) is 1.24. The third kappa shape index (κ3) is 4.38. The summed E-state index contributed by atoms with van der Waals surface area (Å²) >= 11 is 3.53. The molecule has 1 fully saturated rings. The van der Waals surface area contributed by atoms with Crippen LogP contribution in [0.5, 0.6) is 11.5 Å². The predicted octanol–water partition coefficient (Wildman–Crippen LogP) is 4.81. The first-order valence-electron chi connectivity index (χ1n) is 9.95. The lowest BCUT2D eigenvalue weighted by molar-refractivity contribution is -0.117. The smallest absolute Gasteiger partial charge is 0.282 e. The maximum atomic E-state index is 12.8. The van der Waals surface area contributed by atoms with E-state index in [1.165, 1.54) is 5.01 Å². The maximum Gasteiger partial charge on any atom is 0.282 e. The molecule has 3 aromatic carbocycles. The Morgan fingerprint density at radius 3 is 2.47 bits per heavy atom. The van der Waals surface area contributed by atoms with Gasteiger partial charge in [0.2, 0.25) is 0 Å². The molecule has 0 saturated carbocycles. The van der Waals surface area contributed by atoms with Crippen LogP contribution in [0, 0.1) is 6.92 Å². The maximum absolute atomic E-state index is 12.8. The zero-order valence-corrected chi connectivity index (χ0v) is 19.2. The van der Waals surface area contributed by atoms with Crippen LogP contribution in [-0.4, -0.2) is 18.9 Å². The molecule has 1 aliphatic rings. The Hall–Kier alpha value is -3.58. The van der Waals surface area contributed by atoms with Gasteiger partial charge in [-0.2, -0.15) is 0 Å². The summed E-state index contributed by atoms with van der Waals surface area (Å²) in [6.07, 6.45) is 1.54. The SMILES string of the molecule is COc1cc(/C=C2/C(=O)NN(c3ccccc3)C2=O)cc(Br)c1OCc1ccccc1C. The van der Waals surface area contributed by atoms with E-state index in [0.29, 0.717) is 33.8 Å². The van der Waals surface area contributed by atoms with Crippen LogP contribution in [0.2, 0.25) is 0 Å². The number of aryl methyl sites for hydroxylation is 1. The number of nitrogens with one attached hydrogen (secondary N) is 1. The molecule has 7 heteroatoms. The van der Waals surface area contributed by atoms with E-state index in [9.17, 15) is 9.59 Å². The second-order valence-electron chi connectivity index (χ2n) is 7.22. The highest BCUT2D eigenvalue weighted by atomic mass is 79.9. The van der Waals surface area contributed by atoms with Crippen LogP contribution in [-0.2, 0) is 16.2 Å². The summed E-state index contributed by atoms with van der Waals surface area (Å²) < 4.78 is 12.2. The average Bonchev–Trinajstić information content (AvgIpc) is 3.08. The average molecular weight is 493 g/mol. The zero-order valence-electron chi connectivity index (χ0n) is 17.6. The van der Waals surface area contributed by atoms with Gasteiger partial charge in [-0.3, -0.25) is 15.0 Å². The molecule has 1 heterocycles. The number of hydrogen-bond acceptors (Lipinski definition) is 4. The molecular weight excluding hydrogens is 472 g/mol. The molecular formula is C25H21BrN2O4. The van der Waals surface area contributed by atoms with Crippen molar-refractivity contribution in [2.75, 3.05) is 12.1 Å². The molecule has 0 bridgehead atoms. The number of amides is 2. The monoisotopic (exact) mass is 492 g/mol. The van der Waals surface area contributed by atoms with Crippen LogP contribution >= 0.6 is 15.9 Å². The molecule has 1 saturated heterocycles. The number of halogens is 1. The number of anilines is 1. The molecule has 1 N–H and O–H groups in total. The highest BCUT2D eigenvalue weighted by molar-refractivity contribution is 9.10. The topological polar surface area (TPSA) is 67.9 Å².